The van der Waals surface area contributed by atoms with Gasteiger partial charge in [0, 0.05) is 44.1 Å². The summed E-state index contributed by atoms with van der Waals surface area (Å²) in [6, 6.07) is 15.1. The van der Waals surface area contributed by atoms with E-state index >= 15 is 0 Å². The van der Waals surface area contributed by atoms with Crippen molar-refractivity contribution in [2.45, 2.75) is 19.4 Å². The van der Waals surface area contributed by atoms with Gasteiger partial charge in [-0.05, 0) is 78.2 Å². The minimum atomic E-state index is -0.362. The smallest absolute Gasteiger partial charge is 0.265 e. The third kappa shape index (κ3) is 5.34. The Morgan fingerprint density at radius 3 is 2.47 bits per heavy atom. The number of carbonyl (C=O) groups excluding carboxylic acids is 2. The largest absolute Gasteiger partial charge is 0.377 e. The molecule has 7 heteroatoms. The molecular weight excluding hydrogens is 425 g/mol. The van der Waals surface area contributed by atoms with Crippen LogP contribution in [0.25, 0.3) is 0 Å². The Balaban J connectivity index is 1.60. The van der Waals surface area contributed by atoms with Crippen molar-refractivity contribution in [2.75, 3.05) is 30.9 Å². The number of anilines is 2. The summed E-state index contributed by atoms with van der Waals surface area (Å²) in [7, 11) is 3.91. The molecule has 1 N–H and O–H groups in total. The molecule has 0 saturated heterocycles. The molecule has 4 rings (SSSR count). The van der Waals surface area contributed by atoms with Crippen LogP contribution in [0.1, 0.15) is 38.4 Å². The summed E-state index contributed by atoms with van der Waals surface area (Å²) >= 11 is 1.39. The number of benzene rings is 2. The molecule has 0 bridgehead atoms. The van der Waals surface area contributed by atoms with E-state index in [-0.39, 0.29) is 17.6 Å². The molecule has 1 fully saturated rings. The number of thiophene rings is 1. The molecule has 0 spiro atoms. The normalized spacial score (nSPS) is 13.0. The van der Waals surface area contributed by atoms with Crippen LogP contribution >= 0.6 is 11.3 Å². The molecule has 3 aromatic rings. The minimum absolute atomic E-state index is 0.116. The molecule has 0 atom stereocenters. The number of amides is 2. The van der Waals surface area contributed by atoms with Crippen LogP contribution in [0.4, 0.5) is 15.8 Å². The number of carbonyl (C=O) groups is 2. The molecule has 166 valence electrons. The van der Waals surface area contributed by atoms with Gasteiger partial charge in [0.25, 0.3) is 11.8 Å². The van der Waals surface area contributed by atoms with Crippen molar-refractivity contribution in [3.8, 4) is 0 Å². The van der Waals surface area contributed by atoms with Gasteiger partial charge < -0.3 is 15.1 Å². The van der Waals surface area contributed by atoms with Crippen LogP contribution in [0.3, 0.4) is 0 Å². The molecule has 0 aliphatic heterocycles. The Bertz CT molecular complexity index is 1090. The third-order valence-corrected chi connectivity index (χ3v) is 6.35. The molecule has 2 amide bonds. The number of halogens is 1. The fourth-order valence-corrected chi connectivity index (χ4v) is 4.26. The van der Waals surface area contributed by atoms with Gasteiger partial charge >= 0.3 is 0 Å². The summed E-state index contributed by atoms with van der Waals surface area (Å²) in [5.41, 5.74) is 3.08. The predicted octanol–water partition coefficient (Wildman–Crippen LogP) is 5.26. The molecule has 5 nitrogen and oxygen atoms in total. The first-order valence-corrected chi connectivity index (χ1v) is 11.5. The van der Waals surface area contributed by atoms with Crippen molar-refractivity contribution in [2.24, 2.45) is 5.92 Å². The maximum absolute atomic E-state index is 13.3. The highest BCUT2D eigenvalue weighted by Crippen LogP contribution is 2.32. The average Bonchev–Trinajstić information content (AvgIpc) is 3.41. The Kier molecular flexibility index (Phi) is 6.55. The molecule has 2 aromatic carbocycles. The molecule has 1 aliphatic carbocycles. The standard InChI is InChI=1S/C25H26FN3O2S/c1-28(2)22-12-11-21(27-24(30)23-4-3-13-32-23)14-19(22)16-29(15-17-5-6-17)25(31)18-7-9-20(26)10-8-18/h3-4,7-14,17H,5-6,15-16H2,1-2H3,(H,27,30). The molecule has 0 radical (unpaired) electrons. The summed E-state index contributed by atoms with van der Waals surface area (Å²) < 4.78 is 13.3. The summed E-state index contributed by atoms with van der Waals surface area (Å²) in [4.78, 5) is 30.2. The summed E-state index contributed by atoms with van der Waals surface area (Å²) in [6.07, 6.45) is 2.23. The molecule has 0 unspecified atom stereocenters. The number of hydrogen-bond acceptors (Lipinski definition) is 4. The second-order valence-electron chi connectivity index (χ2n) is 8.31. The quantitative estimate of drug-likeness (QED) is 0.508. The van der Waals surface area contributed by atoms with Gasteiger partial charge in [0.2, 0.25) is 0 Å². The maximum Gasteiger partial charge on any atom is 0.265 e. The van der Waals surface area contributed by atoms with E-state index in [1.807, 2.05) is 53.5 Å². The zero-order chi connectivity index (χ0) is 22.7. The average molecular weight is 452 g/mol. The van der Waals surface area contributed by atoms with Crippen molar-refractivity contribution in [3.63, 3.8) is 0 Å². The Morgan fingerprint density at radius 2 is 1.84 bits per heavy atom. The van der Waals surface area contributed by atoms with Crippen LogP contribution in [0.2, 0.25) is 0 Å². The van der Waals surface area contributed by atoms with E-state index in [1.165, 1.54) is 35.6 Å². The van der Waals surface area contributed by atoms with Crippen molar-refractivity contribution in [3.05, 3.63) is 81.8 Å². The minimum Gasteiger partial charge on any atom is -0.377 e. The van der Waals surface area contributed by atoms with Crippen molar-refractivity contribution in [1.29, 1.82) is 0 Å². The molecule has 1 saturated carbocycles. The van der Waals surface area contributed by atoms with Gasteiger partial charge in [-0.2, -0.15) is 0 Å². The molecule has 1 aromatic heterocycles. The Labute approximate surface area is 191 Å². The summed E-state index contributed by atoms with van der Waals surface area (Å²) in [6.45, 7) is 1.07. The monoisotopic (exact) mass is 451 g/mol. The number of rotatable bonds is 8. The van der Waals surface area contributed by atoms with Gasteiger partial charge in [-0.25, -0.2) is 4.39 Å². The lowest BCUT2D eigenvalue weighted by Gasteiger charge is -2.26. The SMILES string of the molecule is CN(C)c1ccc(NC(=O)c2cccs2)cc1CN(CC1CC1)C(=O)c1ccc(F)cc1. The highest BCUT2D eigenvalue weighted by Gasteiger charge is 2.28. The zero-order valence-electron chi connectivity index (χ0n) is 18.2. The fourth-order valence-electron chi connectivity index (χ4n) is 3.64. The van der Waals surface area contributed by atoms with Gasteiger partial charge in [0.05, 0.1) is 4.88 Å². The van der Waals surface area contributed by atoms with Gasteiger partial charge in [0.15, 0.2) is 0 Å². The van der Waals surface area contributed by atoms with Crippen LogP contribution in [0.15, 0.2) is 60.0 Å². The highest BCUT2D eigenvalue weighted by atomic mass is 32.1. The van der Waals surface area contributed by atoms with E-state index in [1.54, 1.807) is 6.07 Å². The van der Waals surface area contributed by atoms with E-state index in [0.717, 1.165) is 24.1 Å². The Morgan fingerprint density at radius 1 is 1.09 bits per heavy atom. The van der Waals surface area contributed by atoms with Gasteiger partial charge in [-0.1, -0.05) is 6.07 Å². The van der Waals surface area contributed by atoms with Crippen LogP contribution in [-0.2, 0) is 6.54 Å². The van der Waals surface area contributed by atoms with E-state index < -0.39 is 0 Å². The third-order valence-electron chi connectivity index (χ3n) is 5.48. The van der Waals surface area contributed by atoms with Crippen LogP contribution < -0.4 is 10.2 Å². The van der Waals surface area contributed by atoms with Gasteiger partial charge in [0.1, 0.15) is 5.82 Å². The van der Waals surface area contributed by atoms with Crippen molar-refractivity contribution >= 4 is 34.5 Å². The number of hydrogen-bond donors (Lipinski definition) is 1. The van der Waals surface area contributed by atoms with E-state index in [0.29, 0.717) is 35.1 Å². The van der Waals surface area contributed by atoms with Crippen LogP contribution in [0.5, 0.6) is 0 Å². The summed E-state index contributed by atoms with van der Waals surface area (Å²) in [5, 5.41) is 4.82. The predicted molar refractivity (Wildman–Crippen MR) is 127 cm³/mol. The maximum atomic E-state index is 13.3. The fraction of sp³-hybridized carbons (Fsp3) is 0.280. The zero-order valence-corrected chi connectivity index (χ0v) is 19.0. The summed E-state index contributed by atoms with van der Waals surface area (Å²) in [5.74, 6) is -0.126. The van der Waals surface area contributed by atoms with Crippen molar-refractivity contribution < 1.29 is 14.0 Å². The lowest BCUT2D eigenvalue weighted by Crippen LogP contribution is -2.33. The van der Waals surface area contributed by atoms with E-state index in [2.05, 4.69) is 5.32 Å². The second-order valence-corrected chi connectivity index (χ2v) is 9.25. The topological polar surface area (TPSA) is 52.7 Å². The lowest BCUT2D eigenvalue weighted by atomic mass is 10.1. The van der Waals surface area contributed by atoms with Gasteiger partial charge in [-0.15, -0.1) is 11.3 Å². The van der Waals surface area contributed by atoms with Crippen molar-refractivity contribution in [1.82, 2.24) is 4.90 Å². The number of nitrogens with zero attached hydrogens (tertiary/aromatic N) is 2. The molecular formula is C25H26FN3O2S. The second kappa shape index (κ2) is 9.53. The van der Waals surface area contributed by atoms with Crippen LogP contribution in [-0.4, -0.2) is 37.4 Å². The first kappa shape index (κ1) is 22.0. The number of nitrogens with one attached hydrogen (secondary N) is 1. The first-order valence-electron chi connectivity index (χ1n) is 10.6. The van der Waals surface area contributed by atoms with Gasteiger partial charge in [-0.3, -0.25) is 9.59 Å². The lowest BCUT2D eigenvalue weighted by molar-refractivity contribution is 0.0735. The van der Waals surface area contributed by atoms with E-state index in [4.69, 9.17) is 0 Å². The first-order chi connectivity index (χ1) is 15.4. The molecule has 1 heterocycles. The Hall–Kier alpha value is -3.19. The van der Waals surface area contributed by atoms with Crippen LogP contribution in [0, 0.1) is 11.7 Å². The molecule has 1 aliphatic rings. The molecule has 32 heavy (non-hydrogen) atoms. The highest BCUT2D eigenvalue weighted by molar-refractivity contribution is 7.12. The van der Waals surface area contributed by atoms with E-state index in [9.17, 15) is 14.0 Å².